The van der Waals surface area contributed by atoms with Crippen LogP contribution in [0.1, 0.15) is 26.2 Å². The molecule has 8 heteroatoms. The molecule has 1 aromatic rings. The molecule has 2 aliphatic rings. The van der Waals surface area contributed by atoms with Gasteiger partial charge < -0.3 is 9.84 Å². The van der Waals surface area contributed by atoms with E-state index in [2.05, 4.69) is 5.10 Å². The topological polar surface area (TPSA) is 62.1 Å². The second-order valence-electron chi connectivity index (χ2n) is 6.55. The van der Waals surface area contributed by atoms with E-state index in [-0.39, 0.29) is 23.1 Å². The lowest BCUT2D eigenvalue weighted by Crippen LogP contribution is -2.62. The highest BCUT2D eigenvalue weighted by molar-refractivity contribution is 5.93. The Morgan fingerprint density at radius 3 is 2.72 bits per heavy atom. The van der Waals surface area contributed by atoms with Crippen LogP contribution < -0.4 is 4.74 Å². The van der Waals surface area contributed by atoms with Crippen molar-refractivity contribution >= 4 is 11.6 Å². The Balaban J connectivity index is 1.83. The number of para-hydroxylation sites is 1. The summed E-state index contributed by atoms with van der Waals surface area (Å²) in [5.74, 6) is -1.88. The fourth-order valence-corrected chi connectivity index (χ4v) is 3.38. The van der Waals surface area contributed by atoms with Gasteiger partial charge in [0.15, 0.2) is 6.61 Å². The number of hydrogen-bond donors (Lipinski definition) is 1. The van der Waals surface area contributed by atoms with Gasteiger partial charge in [-0.25, -0.2) is 0 Å². The number of ether oxygens (including phenoxy) is 1. The molecule has 0 radical (unpaired) electrons. The zero-order chi connectivity index (χ0) is 18.2. The lowest BCUT2D eigenvalue weighted by molar-refractivity contribution is -0.318. The number of fused-ring (bicyclic) bond motifs is 1. The van der Waals surface area contributed by atoms with Gasteiger partial charge in [-0.3, -0.25) is 4.79 Å². The third-order valence-electron chi connectivity index (χ3n) is 4.73. The minimum atomic E-state index is -5.01. The molecule has 1 aromatic carbocycles. The predicted octanol–water partition coefficient (Wildman–Crippen LogP) is 2.95. The molecule has 1 fully saturated rings. The van der Waals surface area contributed by atoms with Gasteiger partial charge in [0.1, 0.15) is 5.75 Å². The Morgan fingerprint density at radius 2 is 2.08 bits per heavy atom. The SMILES string of the molecule is C[C@H]1CCC2=NN(C(=O)COc3ccccc3)[C@@](O)(C(F)(F)F)[C@@H]2C1. The molecule has 1 aliphatic heterocycles. The Hall–Kier alpha value is -2.09. The number of rotatable bonds is 3. The number of aliphatic hydroxyl groups is 1. The van der Waals surface area contributed by atoms with Crippen LogP contribution in [0.25, 0.3) is 0 Å². The number of carbonyl (C=O) groups is 1. The van der Waals surface area contributed by atoms with Crippen LogP contribution in [0.4, 0.5) is 13.2 Å². The molecule has 1 N–H and O–H groups in total. The Kier molecular flexibility index (Phi) is 4.49. The van der Waals surface area contributed by atoms with Crippen LogP contribution in [0.15, 0.2) is 35.4 Å². The summed E-state index contributed by atoms with van der Waals surface area (Å²) in [4.78, 5) is 12.3. The van der Waals surface area contributed by atoms with E-state index in [1.54, 1.807) is 30.3 Å². The molecular formula is C17H19F3N2O3. The molecule has 1 heterocycles. The highest BCUT2D eigenvalue weighted by atomic mass is 19.4. The van der Waals surface area contributed by atoms with Gasteiger partial charge in [0, 0.05) is 5.71 Å². The second-order valence-corrected chi connectivity index (χ2v) is 6.55. The molecular weight excluding hydrogens is 337 g/mol. The van der Waals surface area contributed by atoms with Gasteiger partial charge in [0.05, 0.1) is 5.92 Å². The van der Waals surface area contributed by atoms with E-state index in [0.717, 1.165) is 0 Å². The van der Waals surface area contributed by atoms with Gasteiger partial charge >= 0.3 is 6.18 Å². The quantitative estimate of drug-likeness (QED) is 0.906. The fraction of sp³-hybridized carbons (Fsp3) is 0.529. The molecule has 0 bridgehead atoms. The van der Waals surface area contributed by atoms with Crippen molar-refractivity contribution in [2.75, 3.05) is 6.61 Å². The van der Waals surface area contributed by atoms with E-state index in [0.29, 0.717) is 18.6 Å². The third-order valence-corrected chi connectivity index (χ3v) is 4.73. The molecule has 0 aromatic heterocycles. The van der Waals surface area contributed by atoms with Gasteiger partial charge in [0.2, 0.25) is 0 Å². The minimum absolute atomic E-state index is 0.0217. The molecule has 3 atom stereocenters. The zero-order valence-corrected chi connectivity index (χ0v) is 13.7. The van der Waals surface area contributed by atoms with Crippen molar-refractivity contribution in [3.8, 4) is 5.75 Å². The maximum Gasteiger partial charge on any atom is 0.439 e. The van der Waals surface area contributed by atoms with E-state index >= 15 is 0 Å². The van der Waals surface area contributed by atoms with E-state index in [9.17, 15) is 23.1 Å². The smallest absolute Gasteiger partial charge is 0.439 e. The number of hydrazone groups is 1. The lowest BCUT2D eigenvalue weighted by Gasteiger charge is -2.39. The number of halogens is 3. The number of alkyl halides is 3. The number of amides is 1. The average molecular weight is 356 g/mol. The molecule has 1 saturated carbocycles. The fourth-order valence-electron chi connectivity index (χ4n) is 3.38. The van der Waals surface area contributed by atoms with Crippen molar-refractivity contribution in [1.29, 1.82) is 0 Å². The number of carbonyl (C=O) groups excluding carboxylic acids is 1. The average Bonchev–Trinajstić information content (AvgIpc) is 2.87. The van der Waals surface area contributed by atoms with E-state index < -0.39 is 30.3 Å². The summed E-state index contributed by atoms with van der Waals surface area (Å²) in [7, 11) is 0. The molecule has 0 spiro atoms. The first-order chi connectivity index (χ1) is 11.7. The molecule has 5 nitrogen and oxygen atoms in total. The van der Waals surface area contributed by atoms with E-state index in [4.69, 9.17) is 4.74 Å². The van der Waals surface area contributed by atoms with Crippen molar-refractivity contribution in [2.24, 2.45) is 16.9 Å². The van der Waals surface area contributed by atoms with Crippen molar-refractivity contribution < 1.29 is 27.8 Å². The number of nitrogens with zero attached hydrogens (tertiary/aromatic N) is 2. The van der Waals surface area contributed by atoms with Gasteiger partial charge in [-0.05, 0) is 37.3 Å². The second kappa shape index (κ2) is 6.33. The Morgan fingerprint density at radius 1 is 1.40 bits per heavy atom. The summed E-state index contributed by atoms with van der Waals surface area (Å²) < 4.78 is 46.2. The van der Waals surface area contributed by atoms with Crippen molar-refractivity contribution in [3.63, 3.8) is 0 Å². The van der Waals surface area contributed by atoms with Crippen LogP contribution in [-0.2, 0) is 4.79 Å². The number of hydrogen-bond acceptors (Lipinski definition) is 4. The predicted molar refractivity (Wildman–Crippen MR) is 83.7 cm³/mol. The summed E-state index contributed by atoms with van der Waals surface area (Å²) in [6, 6.07) is 8.27. The summed E-state index contributed by atoms with van der Waals surface area (Å²) in [6.45, 7) is 1.19. The molecule has 25 heavy (non-hydrogen) atoms. The molecule has 136 valence electrons. The van der Waals surface area contributed by atoms with E-state index in [1.165, 1.54) is 0 Å². The summed E-state index contributed by atoms with van der Waals surface area (Å²) in [5, 5.41) is 14.5. The lowest BCUT2D eigenvalue weighted by atomic mass is 9.76. The molecule has 0 saturated heterocycles. The summed E-state index contributed by atoms with van der Waals surface area (Å²) in [6.07, 6.45) is -3.85. The molecule has 3 rings (SSSR count). The standard InChI is InChI=1S/C17H19F3N2O3/c1-11-7-8-14-13(9-11)16(24,17(18,19)20)22(21-14)15(23)10-25-12-5-3-2-4-6-12/h2-6,11,13,24H,7-10H2,1H3/t11-,13+,16-/m0/s1. The van der Waals surface area contributed by atoms with Gasteiger partial charge in [0.25, 0.3) is 11.6 Å². The largest absolute Gasteiger partial charge is 0.484 e. The van der Waals surface area contributed by atoms with Crippen LogP contribution in [-0.4, -0.2) is 40.2 Å². The highest BCUT2D eigenvalue weighted by Gasteiger charge is 2.68. The Labute approximate surface area is 143 Å². The summed E-state index contributed by atoms with van der Waals surface area (Å²) in [5.41, 5.74) is -3.08. The molecule has 1 amide bonds. The number of benzene rings is 1. The Bertz CT molecular complexity index is 677. The van der Waals surface area contributed by atoms with Crippen LogP contribution in [0.3, 0.4) is 0 Å². The van der Waals surface area contributed by atoms with E-state index in [1.807, 2.05) is 6.92 Å². The molecule has 1 aliphatic carbocycles. The van der Waals surface area contributed by atoms with Crippen LogP contribution in [0.2, 0.25) is 0 Å². The summed E-state index contributed by atoms with van der Waals surface area (Å²) >= 11 is 0. The monoisotopic (exact) mass is 356 g/mol. The first-order valence-electron chi connectivity index (χ1n) is 8.11. The van der Waals surface area contributed by atoms with Crippen molar-refractivity contribution in [1.82, 2.24) is 5.01 Å². The maximum absolute atomic E-state index is 13.7. The van der Waals surface area contributed by atoms with Gasteiger partial charge in [-0.1, -0.05) is 25.1 Å². The van der Waals surface area contributed by atoms with Crippen LogP contribution in [0.5, 0.6) is 5.75 Å². The van der Waals surface area contributed by atoms with Crippen LogP contribution in [0, 0.1) is 11.8 Å². The van der Waals surface area contributed by atoms with Gasteiger partial charge in [-0.2, -0.15) is 23.3 Å². The molecule has 0 unspecified atom stereocenters. The third kappa shape index (κ3) is 3.10. The highest BCUT2D eigenvalue weighted by Crippen LogP contribution is 2.49. The zero-order valence-electron chi connectivity index (χ0n) is 13.7. The maximum atomic E-state index is 13.7. The van der Waals surface area contributed by atoms with Crippen LogP contribution >= 0.6 is 0 Å². The normalized spacial score (nSPS) is 29.2. The van der Waals surface area contributed by atoms with Crippen molar-refractivity contribution in [3.05, 3.63) is 30.3 Å². The minimum Gasteiger partial charge on any atom is -0.484 e. The van der Waals surface area contributed by atoms with Crippen molar-refractivity contribution in [2.45, 2.75) is 38.1 Å². The first-order valence-corrected chi connectivity index (χ1v) is 8.11. The first kappa shape index (κ1) is 17.7. The van der Waals surface area contributed by atoms with Gasteiger partial charge in [-0.15, -0.1) is 0 Å².